The van der Waals surface area contributed by atoms with Gasteiger partial charge >= 0.3 is 0 Å². The van der Waals surface area contributed by atoms with Crippen LogP contribution in [0.15, 0.2) is 97.1 Å². The zero-order valence-electron chi connectivity index (χ0n) is 17.9. The van der Waals surface area contributed by atoms with Crippen LogP contribution in [0.1, 0.15) is 33.4 Å². The minimum atomic E-state index is 0.0334. The van der Waals surface area contributed by atoms with E-state index in [1.54, 1.807) is 0 Å². The van der Waals surface area contributed by atoms with Gasteiger partial charge in [-0.2, -0.15) is 0 Å². The van der Waals surface area contributed by atoms with E-state index in [-0.39, 0.29) is 5.41 Å². The first-order valence-electron chi connectivity index (χ1n) is 10.9. The first kappa shape index (κ1) is 18.9. The highest BCUT2D eigenvalue weighted by atomic mass is 14.4. The van der Waals surface area contributed by atoms with Crippen molar-refractivity contribution in [2.75, 3.05) is 0 Å². The predicted molar refractivity (Wildman–Crippen MR) is 127 cm³/mol. The molecule has 0 saturated heterocycles. The molecule has 0 heteroatoms. The Morgan fingerprint density at radius 3 is 1.57 bits per heavy atom. The van der Waals surface area contributed by atoms with Crippen LogP contribution in [0.4, 0.5) is 0 Å². The molecule has 4 aromatic rings. The van der Waals surface area contributed by atoms with Gasteiger partial charge in [0, 0.05) is 5.41 Å². The molecule has 1 aliphatic rings. The number of rotatable bonds is 3. The van der Waals surface area contributed by atoms with Crippen molar-refractivity contribution in [3.05, 3.63) is 130 Å². The van der Waals surface area contributed by atoms with Crippen LogP contribution in [0.25, 0.3) is 11.1 Å². The summed E-state index contributed by atoms with van der Waals surface area (Å²) in [5, 5.41) is 0. The molecule has 0 N–H and O–H groups in total. The Balaban J connectivity index is 1.72. The van der Waals surface area contributed by atoms with E-state index in [9.17, 15) is 0 Å². The molecule has 148 valence electrons. The van der Waals surface area contributed by atoms with Crippen LogP contribution in [-0.2, 0) is 24.7 Å². The van der Waals surface area contributed by atoms with Gasteiger partial charge in [0.25, 0.3) is 0 Å². The lowest BCUT2D eigenvalue weighted by Crippen LogP contribution is -2.34. The molecular weight excluding hydrogens is 360 g/mol. The summed E-state index contributed by atoms with van der Waals surface area (Å²) < 4.78 is 0. The Morgan fingerprint density at radius 2 is 1.03 bits per heavy atom. The highest BCUT2D eigenvalue weighted by Crippen LogP contribution is 2.43. The summed E-state index contributed by atoms with van der Waals surface area (Å²) >= 11 is 0. The van der Waals surface area contributed by atoms with E-state index in [0.717, 1.165) is 19.3 Å². The molecular formula is C30H28. The summed E-state index contributed by atoms with van der Waals surface area (Å²) in [6.07, 6.45) is 3.14. The van der Waals surface area contributed by atoms with Crippen LogP contribution in [0.2, 0.25) is 0 Å². The van der Waals surface area contributed by atoms with E-state index in [1.807, 2.05) is 0 Å². The van der Waals surface area contributed by atoms with E-state index in [1.165, 1.54) is 44.5 Å². The molecule has 0 saturated carbocycles. The molecule has 0 heterocycles. The van der Waals surface area contributed by atoms with Gasteiger partial charge in [-0.3, -0.25) is 0 Å². The fourth-order valence-electron chi connectivity index (χ4n) is 5.10. The molecule has 0 spiro atoms. The lowest BCUT2D eigenvalue weighted by molar-refractivity contribution is 0.419. The maximum Gasteiger partial charge on any atom is 0.00744 e. The molecule has 0 unspecified atom stereocenters. The van der Waals surface area contributed by atoms with Gasteiger partial charge in [0.2, 0.25) is 0 Å². The summed E-state index contributed by atoms with van der Waals surface area (Å²) in [7, 11) is 0. The third kappa shape index (κ3) is 3.48. The zero-order valence-corrected chi connectivity index (χ0v) is 17.9. The highest BCUT2D eigenvalue weighted by Gasteiger charge is 2.36. The summed E-state index contributed by atoms with van der Waals surface area (Å²) in [5.74, 6) is 0. The van der Waals surface area contributed by atoms with Crippen molar-refractivity contribution in [2.24, 2.45) is 0 Å². The topological polar surface area (TPSA) is 0 Å². The first-order chi connectivity index (χ1) is 14.6. The standard InChI is InChI=1S/C30H28/c1-22-11-15-24(16-12-22)19-30(27-17-13-23(2)14-18-27)20-25-7-3-5-9-28(25)29-10-6-4-8-26(29)21-30/h3-18H,19-21H2,1-2H3. The van der Waals surface area contributed by atoms with E-state index in [0.29, 0.717) is 0 Å². The average Bonchev–Trinajstić information content (AvgIpc) is 2.90. The number of fused-ring (bicyclic) bond motifs is 3. The lowest BCUT2D eigenvalue weighted by atomic mass is 9.68. The fourth-order valence-corrected chi connectivity index (χ4v) is 5.10. The van der Waals surface area contributed by atoms with Crippen LogP contribution < -0.4 is 0 Å². The summed E-state index contributed by atoms with van der Waals surface area (Å²) in [6.45, 7) is 4.34. The van der Waals surface area contributed by atoms with Crippen molar-refractivity contribution in [3.63, 3.8) is 0 Å². The van der Waals surface area contributed by atoms with Gasteiger partial charge in [-0.15, -0.1) is 0 Å². The maximum atomic E-state index is 2.36. The molecule has 0 aliphatic heterocycles. The van der Waals surface area contributed by atoms with Crippen molar-refractivity contribution in [1.29, 1.82) is 0 Å². The zero-order chi connectivity index (χ0) is 20.6. The quantitative estimate of drug-likeness (QED) is 0.347. The van der Waals surface area contributed by atoms with Crippen molar-refractivity contribution in [2.45, 2.75) is 38.5 Å². The van der Waals surface area contributed by atoms with Gasteiger partial charge in [-0.25, -0.2) is 0 Å². The molecule has 0 amide bonds. The van der Waals surface area contributed by atoms with Gasteiger partial charge in [0.15, 0.2) is 0 Å². The number of hydrogen-bond donors (Lipinski definition) is 0. The number of benzene rings is 4. The Morgan fingerprint density at radius 1 is 0.567 bits per heavy atom. The largest absolute Gasteiger partial charge is 0.0620 e. The van der Waals surface area contributed by atoms with Crippen LogP contribution in [0, 0.1) is 13.8 Å². The van der Waals surface area contributed by atoms with Crippen molar-refractivity contribution in [1.82, 2.24) is 0 Å². The second kappa shape index (κ2) is 7.61. The third-order valence-electron chi connectivity index (χ3n) is 6.71. The van der Waals surface area contributed by atoms with Gasteiger partial charge in [-0.1, -0.05) is 108 Å². The van der Waals surface area contributed by atoms with Gasteiger partial charge in [-0.05, 0) is 66.5 Å². The second-order valence-corrected chi connectivity index (χ2v) is 8.98. The Kier molecular flexibility index (Phi) is 4.79. The van der Waals surface area contributed by atoms with Gasteiger partial charge in [0.1, 0.15) is 0 Å². The van der Waals surface area contributed by atoms with Crippen LogP contribution >= 0.6 is 0 Å². The highest BCUT2D eigenvalue weighted by molar-refractivity contribution is 5.72. The fraction of sp³-hybridized carbons (Fsp3) is 0.200. The molecule has 30 heavy (non-hydrogen) atoms. The predicted octanol–water partition coefficient (Wildman–Crippen LogP) is 7.25. The summed E-state index contributed by atoms with van der Waals surface area (Å²) in [4.78, 5) is 0. The molecule has 0 aromatic heterocycles. The van der Waals surface area contributed by atoms with Crippen LogP contribution in [-0.4, -0.2) is 0 Å². The summed E-state index contributed by atoms with van der Waals surface area (Å²) in [6, 6.07) is 36.4. The Hall–Kier alpha value is -3.12. The van der Waals surface area contributed by atoms with E-state index >= 15 is 0 Å². The second-order valence-electron chi connectivity index (χ2n) is 8.98. The molecule has 5 rings (SSSR count). The third-order valence-corrected chi connectivity index (χ3v) is 6.71. The molecule has 0 nitrogen and oxygen atoms in total. The molecule has 4 aromatic carbocycles. The molecule has 0 atom stereocenters. The minimum Gasteiger partial charge on any atom is -0.0620 e. The molecule has 0 radical (unpaired) electrons. The smallest absolute Gasteiger partial charge is 0.00744 e. The van der Waals surface area contributed by atoms with E-state index in [2.05, 4.69) is 111 Å². The Labute approximate surface area is 180 Å². The van der Waals surface area contributed by atoms with E-state index < -0.39 is 0 Å². The number of hydrogen-bond acceptors (Lipinski definition) is 0. The molecule has 0 fully saturated rings. The average molecular weight is 389 g/mol. The summed E-state index contributed by atoms with van der Waals surface area (Å²) in [5.41, 5.74) is 11.2. The van der Waals surface area contributed by atoms with Crippen LogP contribution in [0.5, 0.6) is 0 Å². The van der Waals surface area contributed by atoms with Crippen molar-refractivity contribution in [3.8, 4) is 11.1 Å². The van der Waals surface area contributed by atoms with Crippen molar-refractivity contribution >= 4 is 0 Å². The van der Waals surface area contributed by atoms with Crippen molar-refractivity contribution < 1.29 is 0 Å². The monoisotopic (exact) mass is 388 g/mol. The molecule has 1 aliphatic carbocycles. The van der Waals surface area contributed by atoms with E-state index in [4.69, 9.17) is 0 Å². The normalized spacial score (nSPS) is 14.5. The minimum absolute atomic E-state index is 0.0334. The van der Waals surface area contributed by atoms with Gasteiger partial charge < -0.3 is 0 Å². The lowest BCUT2D eigenvalue weighted by Gasteiger charge is -2.35. The number of aryl methyl sites for hydroxylation is 2. The molecule has 0 bridgehead atoms. The Bertz CT molecular complexity index is 1120. The van der Waals surface area contributed by atoms with Gasteiger partial charge in [0.05, 0.1) is 0 Å². The first-order valence-corrected chi connectivity index (χ1v) is 10.9. The SMILES string of the molecule is Cc1ccc(CC2(c3ccc(C)cc3)Cc3ccccc3-c3ccccc3C2)cc1. The van der Waals surface area contributed by atoms with Crippen LogP contribution in [0.3, 0.4) is 0 Å². The maximum absolute atomic E-state index is 2.36.